The molecule has 3 aromatic rings. The van der Waals surface area contributed by atoms with Gasteiger partial charge in [0.15, 0.2) is 5.37 Å². The molecule has 4 rings (SSSR count). The summed E-state index contributed by atoms with van der Waals surface area (Å²) < 4.78 is 0. The van der Waals surface area contributed by atoms with Crippen LogP contribution in [0.2, 0.25) is 0 Å². The van der Waals surface area contributed by atoms with E-state index in [9.17, 15) is 9.59 Å². The summed E-state index contributed by atoms with van der Waals surface area (Å²) in [7, 11) is 0. The van der Waals surface area contributed by atoms with Crippen molar-refractivity contribution in [3.05, 3.63) is 72.3 Å². The molecule has 1 aliphatic rings. The Morgan fingerprint density at radius 3 is 2.52 bits per heavy atom. The van der Waals surface area contributed by atoms with E-state index in [-0.39, 0.29) is 11.1 Å². The molecule has 3 aromatic carbocycles. The molecule has 1 saturated heterocycles. The van der Waals surface area contributed by atoms with Gasteiger partial charge in [-0.1, -0.05) is 42.5 Å². The summed E-state index contributed by atoms with van der Waals surface area (Å²) in [6.07, 6.45) is 0. The lowest BCUT2D eigenvalue weighted by Gasteiger charge is -2.15. The van der Waals surface area contributed by atoms with E-state index >= 15 is 0 Å². The summed E-state index contributed by atoms with van der Waals surface area (Å²) in [6, 6.07) is 21.4. The standard InChI is InChI=1S/C20H16N2O2S/c1-13-5-4-8-17(11-13)22-19(23)18(25-20(22)24)21-16-10-9-14-6-2-3-7-15(14)12-16/h2-12,18,21H,1H3. The van der Waals surface area contributed by atoms with Crippen LogP contribution in [0.1, 0.15) is 5.56 Å². The van der Waals surface area contributed by atoms with Gasteiger partial charge in [0.2, 0.25) is 0 Å². The first-order valence-electron chi connectivity index (χ1n) is 7.98. The van der Waals surface area contributed by atoms with Crippen LogP contribution < -0.4 is 10.2 Å². The van der Waals surface area contributed by atoms with Gasteiger partial charge < -0.3 is 5.32 Å². The Kier molecular flexibility index (Phi) is 3.93. The SMILES string of the molecule is Cc1cccc(N2C(=O)SC(Nc3ccc4ccccc4c3)C2=O)c1. The molecule has 1 fully saturated rings. The van der Waals surface area contributed by atoms with Crippen molar-refractivity contribution in [2.45, 2.75) is 12.3 Å². The highest BCUT2D eigenvalue weighted by Crippen LogP contribution is 2.33. The van der Waals surface area contributed by atoms with Gasteiger partial charge in [-0.05, 0) is 59.3 Å². The molecule has 1 aliphatic heterocycles. The van der Waals surface area contributed by atoms with Gasteiger partial charge in [0.1, 0.15) is 0 Å². The number of imide groups is 1. The molecule has 124 valence electrons. The van der Waals surface area contributed by atoms with Gasteiger partial charge in [-0.25, -0.2) is 4.90 Å². The molecule has 4 nitrogen and oxygen atoms in total. The molecule has 5 heteroatoms. The lowest BCUT2D eigenvalue weighted by molar-refractivity contribution is -0.116. The number of carbonyl (C=O) groups excluding carboxylic acids is 2. The number of nitrogens with zero attached hydrogens (tertiary/aromatic N) is 1. The maximum Gasteiger partial charge on any atom is 0.295 e. The fraction of sp³-hybridized carbons (Fsp3) is 0.100. The highest BCUT2D eigenvalue weighted by atomic mass is 32.2. The number of hydrogen-bond donors (Lipinski definition) is 1. The Bertz CT molecular complexity index is 986. The number of hydrogen-bond acceptors (Lipinski definition) is 4. The monoisotopic (exact) mass is 348 g/mol. The van der Waals surface area contributed by atoms with E-state index in [0.29, 0.717) is 5.69 Å². The number of benzene rings is 3. The minimum atomic E-state index is -0.617. The number of amides is 2. The maximum absolute atomic E-state index is 12.7. The van der Waals surface area contributed by atoms with Gasteiger partial charge in [-0.2, -0.15) is 0 Å². The number of rotatable bonds is 3. The Balaban J connectivity index is 1.59. The lowest BCUT2D eigenvalue weighted by Crippen LogP contribution is -2.34. The summed E-state index contributed by atoms with van der Waals surface area (Å²) in [5.74, 6) is -0.242. The van der Waals surface area contributed by atoms with E-state index < -0.39 is 5.37 Å². The lowest BCUT2D eigenvalue weighted by atomic mass is 10.1. The summed E-state index contributed by atoms with van der Waals surface area (Å²) in [5.41, 5.74) is 2.45. The van der Waals surface area contributed by atoms with Crippen LogP contribution in [-0.4, -0.2) is 16.5 Å². The number of carbonyl (C=O) groups is 2. The average Bonchev–Trinajstić information content (AvgIpc) is 2.88. The second-order valence-corrected chi connectivity index (χ2v) is 7.04. The van der Waals surface area contributed by atoms with E-state index in [1.807, 2.05) is 67.6 Å². The molecule has 0 saturated carbocycles. The van der Waals surface area contributed by atoms with E-state index in [4.69, 9.17) is 0 Å². The molecule has 2 amide bonds. The average molecular weight is 348 g/mol. The third-order valence-corrected chi connectivity index (χ3v) is 5.09. The third-order valence-electron chi connectivity index (χ3n) is 4.15. The molecule has 1 heterocycles. The molecular formula is C20H16N2O2S. The topological polar surface area (TPSA) is 49.4 Å². The van der Waals surface area contributed by atoms with Crippen LogP contribution in [0.15, 0.2) is 66.7 Å². The molecule has 25 heavy (non-hydrogen) atoms. The van der Waals surface area contributed by atoms with Crippen LogP contribution in [0.5, 0.6) is 0 Å². The van der Waals surface area contributed by atoms with Gasteiger partial charge >= 0.3 is 0 Å². The van der Waals surface area contributed by atoms with E-state index in [1.165, 1.54) is 4.90 Å². The number of aryl methyl sites for hydroxylation is 1. The molecule has 1 atom stereocenters. The Labute approximate surface area is 149 Å². The Hall–Kier alpha value is -2.79. The van der Waals surface area contributed by atoms with Crippen molar-refractivity contribution in [3.63, 3.8) is 0 Å². The molecule has 0 aromatic heterocycles. The second-order valence-electron chi connectivity index (χ2n) is 5.98. The van der Waals surface area contributed by atoms with Crippen molar-refractivity contribution in [3.8, 4) is 0 Å². The zero-order valence-corrected chi connectivity index (χ0v) is 14.4. The quantitative estimate of drug-likeness (QED) is 0.739. The van der Waals surface area contributed by atoms with Crippen molar-refractivity contribution in [1.29, 1.82) is 0 Å². The first-order valence-corrected chi connectivity index (χ1v) is 8.86. The molecule has 0 spiro atoms. The van der Waals surface area contributed by atoms with Crippen LogP contribution in [0.4, 0.5) is 16.2 Å². The van der Waals surface area contributed by atoms with Crippen molar-refractivity contribution in [1.82, 2.24) is 0 Å². The minimum Gasteiger partial charge on any atom is -0.365 e. The van der Waals surface area contributed by atoms with Gasteiger partial charge in [0.25, 0.3) is 11.1 Å². The van der Waals surface area contributed by atoms with Gasteiger partial charge in [0.05, 0.1) is 5.69 Å². The fourth-order valence-corrected chi connectivity index (χ4v) is 3.84. The first kappa shape index (κ1) is 15.7. The highest BCUT2D eigenvalue weighted by Gasteiger charge is 2.40. The predicted octanol–water partition coefficient (Wildman–Crippen LogP) is 4.79. The molecule has 0 bridgehead atoms. The molecule has 1 unspecified atom stereocenters. The van der Waals surface area contributed by atoms with E-state index in [0.717, 1.165) is 33.8 Å². The Morgan fingerprint density at radius 2 is 1.72 bits per heavy atom. The predicted molar refractivity (Wildman–Crippen MR) is 103 cm³/mol. The number of anilines is 2. The molecule has 0 aliphatic carbocycles. The Morgan fingerprint density at radius 1 is 0.920 bits per heavy atom. The zero-order valence-electron chi connectivity index (χ0n) is 13.6. The summed E-state index contributed by atoms with van der Waals surface area (Å²) in [6.45, 7) is 1.94. The van der Waals surface area contributed by atoms with Crippen molar-refractivity contribution in [2.24, 2.45) is 0 Å². The van der Waals surface area contributed by atoms with Crippen LogP contribution in [-0.2, 0) is 4.79 Å². The fourth-order valence-electron chi connectivity index (χ4n) is 2.93. The van der Waals surface area contributed by atoms with Crippen molar-refractivity contribution in [2.75, 3.05) is 10.2 Å². The van der Waals surface area contributed by atoms with E-state index in [1.54, 1.807) is 6.07 Å². The van der Waals surface area contributed by atoms with E-state index in [2.05, 4.69) is 5.32 Å². The minimum absolute atomic E-state index is 0.242. The molecule has 0 radical (unpaired) electrons. The maximum atomic E-state index is 12.7. The third kappa shape index (κ3) is 2.98. The largest absolute Gasteiger partial charge is 0.365 e. The van der Waals surface area contributed by atoms with Gasteiger partial charge in [0, 0.05) is 5.69 Å². The highest BCUT2D eigenvalue weighted by molar-refractivity contribution is 8.16. The first-order chi connectivity index (χ1) is 12.1. The summed E-state index contributed by atoms with van der Waals surface area (Å²) in [5, 5.41) is 4.53. The molecule has 1 N–H and O–H groups in total. The molecular weight excluding hydrogens is 332 g/mol. The zero-order chi connectivity index (χ0) is 17.4. The van der Waals surface area contributed by atoms with Crippen LogP contribution in [0.3, 0.4) is 0 Å². The number of nitrogens with one attached hydrogen (secondary N) is 1. The summed E-state index contributed by atoms with van der Waals surface area (Å²) >= 11 is 1.01. The van der Waals surface area contributed by atoms with Crippen molar-refractivity contribution >= 4 is 45.1 Å². The van der Waals surface area contributed by atoms with Crippen LogP contribution in [0, 0.1) is 6.92 Å². The van der Waals surface area contributed by atoms with Crippen LogP contribution in [0.25, 0.3) is 10.8 Å². The smallest absolute Gasteiger partial charge is 0.295 e. The number of thioether (sulfide) groups is 1. The number of fused-ring (bicyclic) bond motifs is 1. The normalized spacial score (nSPS) is 17.3. The van der Waals surface area contributed by atoms with Crippen molar-refractivity contribution < 1.29 is 9.59 Å². The van der Waals surface area contributed by atoms with Crippen LogP contribution >= 0.6 is 11.8 Å². The summed E-state index contributed by atoms with van der Waals surface area (Å²) in [4.78, 5) is 26.3. The second kappa shape index (κ2) is 6.26. The van der Waals surface area contributed by atoms with Gasteiger partial charge in [-0.3, -0.25) is 9.59 Å². The van der Waals surface area contributed by atoms with Gasteiger partial charge in [-0.15, -0.1) is 0 Å².